The predicted molar refractivity (Wildman–Crippen MR) is 104 cm³/mol. The van der Waals surface area contributed by atoms with Crippen LogP contribution in [0.1, 0.15) is 44.2 Å². The number of anilines is 1. The number of aliphatic hydroxyl groups excluding tert-OH is 1. The van der Waals surface area contributed by atoms with E-state index in [1.165, 1.54) is 6.07 Å². The number of hydrogen-bond donors (Lipinski definition) is 4. The second kappa shape index (κ2) is 7.81. The fraction of sp³-hybridized carbons (Fsp3) is 0.474. The van der Waals surface area contributed by atoms with E-state index in [2.05, 4.69) is 23.9 Å². The zero-order valence-corrected chi connectivity index (χ0v) is 16.9. The maximum Gasteiger partial charge on any atom is 0.166 e. The van der Waals surface area contributed by atoms with Gasteiger partial charge in [0.1, 0.15) is 9.92 Å². The minimum atomic E-state index is -3.22. The maximum absolute atomic E-state index is 13.5. The zero-order chi connectivity index (χ0) is 20.6. The minimum Gasteiger partial charge on any atom is -0.368 e. The van der Waals surface area contributed by atoms with Gasteiger partial charge >= 0.3 is 0 Å². The Hall–Kier alpha value is -1.97. The first-order valence-electron chi connectivity index (χ1n) is 9.27. The van der Waals surface area contributed by atoms with Crippen LogP contribution < -0.4 is 10.0 Å². The molecule has 0 radical (unpaired) electrons. The number of benzene rings is 1. The number of hydrogen-bond acceptors (Lipinski definition) is 4. The highest BCUT2D eigenvalue weighted by Gasteiger charge is 2.32. The average Bonchev–Trinajstić information content (AvgIpc) is 2.92. The highest BCUT2D eigenvalue weighted by molar-refractivity contribution is 7.90. The van der Waals surface area contributed by atoms with Crippen LogP contribution in [-0.2, 0) is 23.4 Å². The van der Waals surface area contributed by atoms with Crippen molar-refractivity contribution in [1.29, 1.82) is 4.78 Å². The molecule has 6 nitrogen and oxygen atoms in total. The lowest BCUT2D eigenvalue weighted by Gasteiger charge is -2.23. The first-order chi connectivity index (χ1) is 13.1. The van der Waals surface area contributed by atoms with E-state index in [1.54, 1.807) is 17.8 Å². The van der Waals surface area contributed by atoms with Gasteiger partial charge in [-0.1, -0.05) is 20.3 Å². The van der Waals surface area contributed by atoms with Crippen molar-refractivity contribution in [1.82, 2.24) is 9.29 Å². The summed E-state index contributed by atoms with van der Waals surface area (Å²) in [6.45, 7) is 4.11. The molecule has 2 aromatic rings. The van der Waals surface area contributed by atoms with Crippen LogP contribution in [-0.4, -0.2) is 19.9 Å². The summed E-state index contributed by atoms with van der Waals surface area (Å²) >= 11 is 0. The highest BCUT2D eigenvalue weighted by Crippen LogP contribution is 2.33. The summed E-state index contributed by atoms with van der Waals surface area (Å²) in [4.78, 5) is 0.363. The smallest absolute Gasteiger partial charge is 0.166 e. The van der Waals surface area contributed by atoms with Gasteiger partial charge in [0.2, 0.25) is 0 Å². The zero-order valence-electron chi connectivity index (χ0n) is 16.1. The minimum absolute atomic E-state index is 0.0585. The SMILES string of the molecule is CC[C@H](C)[C@@H]1CCc2c(cn(C)c2C(O)Nc2ccc(F)c(F)c2)S(=N)(=O)N1. The topological polar surface area (TPSA) is 90.1 Å². The number of aliphatic hydroxyl groups is 1. The van der Waals surface area contributed by atoms with Crippen LogP contribution in [0.15, 0.2) is 29.3 Å². The summed E-state index contributed by atoms with van der Waals surface area (Å²) in [6, 6.07) is 3.22. The monoisotopic (exact) mass is 412 g/mol. The molecule has 0 spiro atoms. The third kappa shape index (κ3) is 3.92. The molecule has 154 valence electrons. The van der Waals surface area contributed by atoms with E-state index >= 15 is 0 Å². The van der Waals surface area contributed by atoms with Crippen LogP contribution in [0.4, 0.5) is 14.5 Å². The summed E-state index contributed by atoms with van der Waals surface area (Å²) in [7, 11) is -1.53. The number of aryl methyl sites for hydroxylation is 1. The molecule has 0 saturated heterocycles. The first kappa shape index (κ1) is 20.8. The lowest BCUT2D eigenvalue weighted by molar-refractivity contribution is 0.198. The molecule has 0 saturated carbocycles. The Morgan fingerprint density at radius 3 is 2.79 bits per heavy atom. The quantitative estimate of drug-likeness (QED) is 0.565. The molecule has 2 unspecified atom stereocenters. The van der Waals surface area contributed by atoms with Gasteiger partial charge in [-0.05, 0) is 36.5 Å². The van der Waals surface area contributed by atoms with Gasteiger partial charge < -0.3 is 15.0 Å². The second-order valence-electron chi connectivity index (χ2n) is 7.35. The average molecular weight is 413 g/mol. The van der Waals surface area contributed by atoms with Crippen molar-refractivity contribution in [2.75, 3.05) is 5.32 Å². The fourth-order valence-corrected chi connectivity index (χ4v) is 5.42. The van der Waals surface area contributed by atoms with Crippen LogP contribution in [0.5, 0.6) is 0 Å². The molecule has 9 heteroatoms. The Morgan fingerprint density at radius 1 is 1.43 bits per heavy atom. The van der Waals surface area contributed by atoms with E-state index in [0.717, 1.165) is 18.6 Å². The molecule has 1 aromatic carbocycles. The summed E-state index contributed by atoms with van der Waals surface area (Å²) < 4.78 is 52.6. The van der Waals surface area contributed by atoms with Crippen molar-refractivity contribution in [3.63, 3.8) is 0 Å². The Bertz CT molecular complexity index is 975. The number of nitrogens with zero attached hydrogens (tertiary/aromatic N) is 1. The van der Waals surface area contributed by atoms with E-state index in [-0.39, 0.29) is 17.6 Å². The van der Waals surface area contributed by atoms with E-state index in [4.69, 9.17) is 4.78 Å². The molecule has 2 heterocycles. The molecule has 1 aliphatic heterocycles. The van der Waals surface area contributed by atoms with E-state index < -0.39 is 27.8 Å². The van der Waals surface area contributed by atoms with Crippen molar-refractivity contribution in [2.45, 2.75) is 50.3 Å². The summed E-state index contributed by atoms with van der Waals surface area (Å²) in [5.74, 6) is -1.72. The van der Waals surface area contributed by atoms with Crippen molar-refractivity contribution in [3.05, 3.63) is 47.3 Å². The number of nitrogens with one attached hydrogen (secondary N) is 3. The Labute approximate surface area is 164 Å². The lowest BCUT2D eigenvalue weighted by Crippen LogP contribution is -2.37. The van der Waals surface area contributed by atoms with Gasteiger partial charge in [0.05, 0.1) is 10.6 Å². The largest absolute Gasteiger partial charge is 0.368 e. The van der Waals surface area contributed by atoms with Gasteiger partial charge in [-0.3, -0.25) is 0 Å². The van der Waals surface area contributed by atoms with Crippen LogP contribution in [0.3, 0.4) is 0 Å². The molecule has 4 N–H and O–H groups in total. The molecular formula is C19H26F2N4O2S. The predicted octanol–water partition coefficient (Wildman–Crippen LogP) is 3.68. The first-order valence-corrected chi connectivity index (χ1v) is 10.8. The standard InChI is InChI=1S/C19H26F2N4O2S/c1-4-11(2)16-8-6-13-17(28(22,27)24-16)10-25(3)18(13)19(26)23-12-5-7-14(20)15(21)9-12/h5,7,9-11,16,19,23,26H,4,6,8H2,1-3H3,(H2,22,24,27)/t11-,16-,19?,28?/m0/s1. The van der Waals surface area contributed by atoms with Crippen molar-refractivity contribution >= 4 is 15.6 Å². The molecule has 4 atom stereocenters. The molecule has 3 rings (SSSR count). The van der Waals surface area contributed by atoms with Crippen molar-refractivity contribution < 1.29 is 18.1 Å². The number of aromatic nitrogens is 1. The summed E-state index contributed by atoms with van der Waals surface area (Å²) in [5, 5.41) is 13.5. The maximum atomic E-state index is 13.5. The number of halogens is 2. The van der Waals surface area contributed by atoms with Crippen LogP contribution in [0.2, 0.25) is 0 Å². The van der Waals surface area contributed by atoms with Crippen LogP contribution in [0.25, 0.3) is 0 Å². The molecule has 0 bridgehead atoms. The molecule has 0 amide bonds. The molecular weight excluding hydrogens is 386 g/mol. The lowest BCUT2D eigenvalue weighted by atomic mass is 9.94. The van der Waals surface area contributed by atoms with Gasteiger partial charge in [-0.25, -0.2) is 22.5 Å². The van der Waals surface area contributed by atoms with Gasteiger partial charge in [0.25, 0.3) is 0 Å². The summed E-state index contributed by atoms with van der Waals surface area (Å²) in [5.41, 5.74) is 1.34. The Morgan fingerprint density at radius 2 is 2.14 bits per heavy atom. The normalized spacial score (nSPS) is 24.3. The molecule has 0 aliphatic carbocycles. The third-order valence-electron chi connectivity index (χ3n) is 5.44. The Balaban J connectivity index is 1.94. The van der Waals surface area contributed by atoms with Gasteiger partial charge in [-0.15, -0.1) is 0 Å². The Kier molecular flexibility index (Phi) is 5.79. The molecule has 1 aromatic heterocycles. The molecule has 0 fully saturated rings. The van der Waals surface area contributed by atoms with E-state index in [9.17, 15) is 18.1 Å². The number of fused-ring (bicyclic) bond motifs is 1. The van der Waals surface area contributed by atoms with E-state index in [0.29, 0.717) is 29.0 Å². The van der Waals surface area contributed by atoms with E-state index in [1.807, 2.05) is 0 Å². The number of rotatable bonds is 5. The second-order valence-corrected chi connectivity index (χ2v) is 9.14. The van der Waals surface area contributed by atoms with Crippen LogP contribution in [0, 0.1) is 22.3 Å². The van der Waals surface area contributed by atoms with Crippen molar-refractivity contribution in [2.24, 2.45) is 13.0 Å². The molecule has 28 heavy (non-hydrogen) atoms. The van der Waals surface area contributed by atoms with Gasteiger partial charge in [0.15, 0.2) is 17.9 Å². The molecule has 1 aliphatic rings. The highest BCUT2D eigenvalue weighted by atomic mass is 32.2. The van der Waals surface area contributed by atoms with Crippen LogP contribution >= 0.6 is 0 Å². The summed E-state index contributed by atoms with van der Waals surface area (Å²) in [6.07, 6.45) is 2.52. The van der Waals surface area contributed by atoms with Gasteiger partial charge in [-0.2, -0.15) is 0 Å². The third-order valence-corrected chi connectivity index (χ3v) is 7.05. The fourth-order valence-electron chi connectivity index (χ4n) is 3.65. The van der Waals surface area contributed by atoms with Gasteiger partial charge in [0, 0.05) is 31.0 Å². The van der Waals surface area contributed by atoms with Crippen molar-refractivity contribution in [3.8, 4) is 0 Å².